The van der Waals surface area contributed by atoms with E-state index in [0.717, 1.165) is 96.3 Å². The van der Waals surface area contributed by atoms with Crippen LogP contribution >= 0.6 is 0 Å². The molecule has 3 unspecified atom stereocenters. The largest absolute Gasteiger partial charge is 0.458 e. The van der Waals surface area contributed by atoms with E-state index in [4.69, 9.17) is 4.74 Å². The number of nitrogens with one attached hydrogen (secondary N) is 1. The minimum atomic E-state index is -0.831. The smallest absolute Gasteiger partial charge is 0.306 e. The molecule has 0 radical (unpaired) electrons. The molecule has 364 valence electrons. The van der Waals surface area contributed by atoms with E-state index in [2.05, 4.69) is 123 Å². The lowest BCUT2D eigenvalue weighted by Gasteiger charge is -2.23. The molecule has 0 aliphatic rings. The summed E-state index contributed by atoms with van der Waals surface area (Å²) in [4.78, 5) is 26.1. The molecule has 0 fully saturated rings. The first-order valence-electron chi connectivity index (χ1n) is 26.1. The molecule has 0 saturated heterocycles. The van der Waals surface area contributed by atoms with E-state index in [1.165, 1.54) is 77.0 Å². The summed E-state index contributed by atoms with van der Waals surface area (Å²) in [5, 5.41) is 23.7. The normalized spacial score (nSPS) is 14.1. The number of aliphatic hydroxyl groups excluding tert-OH is 2. The number of hydrogen-bond donors (Lipinski definition) is 3. The Labute approximate surface area is 394 Å². The number of carbonyl (C=O) groups excluding carboxylic acids is 2. The number of allylic oxidation sites excluding steroid dienone is 17. The van der Waals surface area contributed by atoms with Crippen LogP contribution < -0.4 is 5.32 Å². The average molecular weight is 888 g/mol. The zero-order chi connectivity index (χ0) is 46.7. The Morgan fingerprint density at radius 3 is 1.31 bits per heavy atom. The van der Waals surface area contributed by atoms with Gasteiger partial charge in [-0.3, -0.25) is 9.59 Å². The van der Waals surface area contributed by atoms with Crippen molar-refractivity contribution in [1.29, 1.82) is 0 Å². The van der Waals surface area contributed by atoms with Crippen LogP contribution in [0.3, 0.4) is 0 Å². The second-order valence-corrected chi connectivity index (χ2v) is 17.2. The molecule has 6 heteroatoms. The Kier molecular flexibility index (Phi) is 47.8. The molecule has 64 heavy (non-hydrogen) atoms. The number of esters is 1. The SMILES string of the molecule is CC/C=C/C/C=C/C/C=C/C/C=C/C/C=C/C(CC(=O)NC(CO)C(O)CCCCCCCCCCCCCCCCC)OC(=O)CCCCC/C=C/C/C=C/C/C=C/C/C=C/CC. The molecule has 0 rings (SSSR count). The van der Waals surface area contributed by atoms with Crippen LogP contribution in [0, 0.1) is 0 Å². The van der Waals surface area contributed by atoms with Gasteiger partial charge in [0.2, 0.25) is 5.91 Å². The van der Waals surface area contributed by atoms with E-state index < -0.39 is 18.2 Å². The fourth-order valence-electron chi connectivity index (χ4n) is 7.21. The van der Waals surface area contributed by atoms with E-state index in [1.54, 1.807) is 6.08 Å². The summed E-state index contributed by atoms with van der Waals surface area (Å²) in [5.41, 5.74) is 0. The monoisotopic (exact) mass is 888 g/mol. The number of unbranched alkanes of at least 4 members (excludes halogenated alkanes) is 17. The van der Waals surface area contributed by atoms with Crippen LogP contribution in [-0.2, 0) is 14.3 Å². The lowest BCUT2D eigenvalue weighted by Crippen LogP contribution is -2.46. The van der Waals surface area contributed by atoms with Gasteiger partial charge in [0, 0.05) is 6.42 Å². The number of ether oxygens (including phenoxy) is 1. The molecular formula is C58H97NO5. The average Bonchev–Trinajstić information content (AvgIpc) is 3.29. The van der Waals surface area contributed by atoms with Crippen LogP contribution in [0.5, 0.6) is 0 Å². The van der Waals surface area contributed by atoms with Crippen molar-refractivity contribution < 1.29 is 24.5 Å². The molecule has 0 heterocycles. The third kappa shape index (κ3) is 45.1. The lowest BCUT2D eigenvalue weighted by atomic mass is 10.0. The molecule has 1 amide bonds. The Morgan fingerprint density at radius 2 is 0.875 bits per heavy atom. The molecule has 0 spiro atoms. The highest BCUT2D eigenvalue weighted by atomic mass is 16.5. The number of aliphatic hydroxyl groups is 2. The van der Waals surface area contributed by atoms with Gasteiger partial charge in [0.1, 0.15) is 6.10 Å². The summed E-state index contributed by atoms with van der Waals surface area (Å²) in [5.74, 6) is -0.673. The zero-order valence-corrected chi connectivity index (χ0v) is 41.4. The summed E-state index contributed by atoms with van der Waals surface area (Å²) in [7, 11) is 0. The van der Waals surface area contributed by atoms with Crippen molar-refractivity contribution in [3.05, 3.63) is 109 Å². The highest BCUT2D eigenvalue weighted by Gasteiger charge is 2.23. The predicted octanol–water partition coefficient (Wildman–Crippen LogP) is 15.9. The number of hydrogen-bond acceptors (Lipinski definition) is 5. The van der Waals surface area contributed by atoms with Crippen molar-refractivity contribution in [1.82, 2.24) is 5.32 Å². The van der Waals surface area contributed by atoms with Gasteiger partial charge in [-0.1, -0.05) is 227 Å². The molecule has 3 atom stereocenters. The van der Waals surface area contributed by atoms with Crippen LogP contribution in [0.1, 0.15) is 220 Å². The first kappa shape index (κ1) is 60.5. The van der Waals surface area contributed by atoms with E-state index in [9.17, 15) is 19.8 Å². The molecule has 0 aromatic rings. The summed E-state index contributed by atoms with van der Waals surface area (Å²) in [6.07, 6.45) is 68.9. The van der Waals surface area contributed by atoms with Crippen molar-refractivity contribution in [2.75, 3.05) is 6.61 Å². The summed E-state index contributed by atoms with van der Waals surface area (Å²) >= 11 is 0. The summed E-state index contributed by atoms with van der Waals surface area (Å²) in [6, 6.07) is -0.756. The van der Waals surface area contributed by atoms with Crippen LogP contribution in [-0.4, -0.2) is 46.9 Å². The standard InChI is InChI=1S/C58H97NO5/c1-4-7-10-13-16-19-22-25-28-30-33-36-39-42-45-48-51-58(63)64-54(49-46-43-40-37-34-31-27-24-21-18-15-12-9-6-3)52-57(62)59-55(53-60)56(61)50-47-44-41-38-35-32-29-26-23-20-17-14-11-8-5-2/h7,9-10,12,16,18-19,21,25,27-28,31,33,36-37,40,46,49,54-56,60-61H,4-6,8,11,13-15,17,20,22-24,26,29-30,32,34-35,38-39,41-45,47-48,50-53H2,1-3H3,(H,59,62)/b10-7+,12-9+,19-16+,21-18+,28-25+,31-27+,36-33+,40-37+,49-46+. The fourth-order valence-corrected chi connectivity index (χ4v) is 7.21. The van der Waals surface area contributed by atoms with Crippen molar-refractivity contribution >= 4 is 11.9 Å². The third-order valence-corrected chi connectivity index (χ3v) is 11.1. The number of amides is 1. The zero-order valence-electron chi connectivity index (χ0n) is 41.4. The predicted molar refractivity (Wildman–Crippen MR) is 277 cm³/mol. The van der Waals surface area contributed by atoms with Crippen molar-refractivity contribution in [3.63, 3.8) is 0 Å². The maximum absolute atomic E-state index is 13.2. The molecule has 0 saturated carbocycles. The van der Waals surface area contributed by atoms with E-state index in [1.807, 2.05) is 6.08 Å². The first-order chi connectivity index (χ1) is 31.5. The molecule has 6 nitrogen and oxygen atoms in total. The Balaban J connectivity index is 4.77. The minimum absolute atomic E-state index is 0.0650. The fraction of sp³-hybridized carbons (Fsp3) is 0.655. The van der Waals surface area contributed by atoms with Gasteiger partial charge >= 0.3 is 5.97 Å². The van der Waals surface area contributed by atoms with Gasteiger partial charge in [-0.05, 0) is 89.5 Å². The van der Waals surface area contributed by atoms with Gasteiger partial charge in [0.25, 0.3) is 0 Å². The summed E-state index contributed by atoms with van der Waals surface area (Å²) in [6.45, 7) is 6.21. The lowest BCUT2D eigenvalue weighted by molar-refractivity contribution is -0.148. The van der Waals surface area contributed by atoms with Crippen LogP contribution in [0.15, 0.2) is 109 Å². The quantitative estimate of drug-likeness (QED) is 0.0322. The van der Waals surface area contributed by atoms with Crippen LogP contribution in [0.4, 0.5) is 0 Å². The number of rotatable bonds is 45. The Bertz CT molecular complexity index is 1320. The highest BCUT2D eigenvalue weighted by Crippen LogP contribution is 2.16. The minimum Gasteiger partial charge on any atom is -0.458 e. The van der Waals surface area contributed by atoms with E-state index in [-0.39, 0.29) is 24.9 Å². The van der Waals surface area contributed by atoms with Crippen molar-refractivity contribution in [2.24, 2.45) is 0 Å². The Morgan fingerprint density at radius 1 is 0.484 bits per heavy atom. The Hall–Kier alpha value is -3.48. The molecule has 0 aromatic heterocycles. The van der Waals surface area contributed by atoms with Gasteiger partial charge in [-0.25, -0.2) is 0 Å². The van der Waals surface area contributed by atoms with Gasteiger partial charge in [0.15, 0.2) is 0 Å². The topological polar surface area (TPSA) is 95.9 Å². The van der Waals surface area contributed by atoms with Crippen LogP contribution in [0.2, 0.25) is 0 Å². The summed E-state index contributed by atoms with van der Waals surface area (Å²) < 4.78 is 5.81. The second-order valence-electron chi connectivity index (χ2n) is 17.2. The number of carbonyl (C=O) groups is 2. The van der Waals surface area contributed by atoms with E-state index >= 15 is 0 Å². The molecule has 3 N–H and O–H groups in total. The van der Waals surface area contributed by atoms with Crippen molar-refractivity contribution in [2.45, 2.75) is 238 Å². The van der Waals surface area contributed by atoms with Crippen molar-refractivity contribution in [3.8, 4) is 0 Å². The maximum atomic E-state index is 13.2. The molecule has 0 aliphatic heterocycles. The third-order valence-electron chi connectivity index (χ3n) is 11.1. The maximum Gasteiger partial charge on any atom is 0.306 e. The first-order valence-corrected chi connectivity index (χ1v) is 26.1. The van der Waals surface area contributed by atoms with Gasteiger partial charge in [-0.2, -0.15) is 0 Å². The van der Waals surface area contributed by atoms with Gasteiger partial charge < -0.3 is 20.3 Å². The van der Waals surface area contributed by atoms with Gasteiger partial charge in [-0.15, -0.1) is 0 Å². The van der Waals surface area contributed by atoms with E-state index in [0.29, 0.717) is 19.3 Å². The molecule has 0 aliphatic carbocycles. The highest BCUT2D eigenvalue weighted by molar-refractivity contribution is 5.78. The molecule has 0 aromatic carbocycles. The molecular weight excluding hydrogens is 791 g/mol. The molecule has 0 bridgehead atoms. The van der Waals surface area contributed by atoms with Gasteiger partial charge in [0.05, 0.1) is 25.2 Å². The van der Waals surface area contributed by atoms with Crippen LogP contribution in [0.25, 0.3) is 0 Å². The second kappa shape index (κ2) is 50.5.